The molecule has 0 atom stereocenters. The highest BCUT2D eigenvalue weighted by atomic mass is 19.4. The molecule has 0 radical (unpaired) electrons. The highest BCUT2D eigenvalue weighted by Gasteiger charge is 2.30. The van der Waals surface area contributed by atoms with E-state index in [9.17, 15) is 13.2 Å². The van der Waals surface area contributed by atoms with E-state index in [-0.39, 0.29) is 6.61 Å². The highest BCUT2D eigenvalue weighted by Crippen LogP contribution is 2.29. The van der Waals surface area contributed by atoms with Crippen LogP contribution < -0.4 is 5.32 Å². The number of hydrogen-bond acceptors (Lipinski definition) is 6. The molecule has 1 heterocycles. The lowest BCUT2D eigenvalue weighted by atomic mass is 10.0. The SMILES string of the molecule is CON=C(C1=NCCN1)c1ccccc1CON=C(C)c1cccc(C(F)(F)F)c1. The second kappa shape index (κ2) is 9.43. The summed E-state index contributed by atoms with van der Waals surface area (Å²) in [5.74, 6) is 0.632. The van der Waals surface area contributed by atoms with E-state index in [0.717, 1.165) is 29.8 Å². The molecule has 6 nitrogen and oxygen atoms in total. The van der Waals surface area contributed by atoms with Crippen molar-refractivity contribution in [1.29, 1.82) is 0 Å². The maximum Gasteiger partial charge on any atom is 0.416 e. The predicted octanol–water partition coefficient (Wildman–Crippen LogP) is 4.00. The molecule has 30 heavy (non-hydrogen) atoms. The number of nitrogens with one attached hydrogen (secondary N) is 1. The molecule has 0 fully saturated rings. The van der Waals surface area contributed by atoms with Crippen LogP contribution in [0.5, 0.6) is 0 Å². The fourth-order valence-electron chi connectivity index (χ4n) is 2.92. The van der Waals surface area contributed by atoms with Crippen LogP contribution >= 0.6 is 0 Å². The number of hydrogen-bond donors (Lipinski definition) is 1. The Labute approximate surface area is 172 Å². The van der Waals surface area contributed by atoms with Gasteiger partial charge >= 0.3 is 6.18 Å². The number of halogens is 3. The molecule has 0 bridgehead atoms. The number of alkyl halides is 3. The average Bonchev–Trinajstić information content (AvgIpc) is 3.26. The van der Waals surface area contributed by atoms with Crippen LogP contribution in [0.4, 0.5) is 13.2 Å². The first-order chi connectivity index (χ1) is 14.4. The molecule has 1 aliphatic heterocycles. The van der Waals surface area contributed by atoms with Gasteiger partial charge in [-0.3, -0.25) is 4.99 Å². The molecule has 158 valence electrons. The second-order valence-electron chi connectivity index (χ2n) is 6.47. The van der Waals surface area contributed by atoms with E-state index in [1.807, 2.05) is 24.3 Å². The molecule has 2 aromatic carbocycles. The summed E-state index contributed by atoms with van der Waals surface area (Å²) in [5.41, 5.74) is 2.04. The zero-order valence-corrected chi connectivity index (χ0v) is 16.5. The third-order valence-corrected chi connectivity index (χ3v) is 4.38. The number of oxime groups is 2. The Kier molecular flexibility index (Phi) is 6.71. The molecule has 1 aliphatic rings. The number of rotatable bonds is 7. The Hall–Kier alpha value is -3.36. The Bertz CT molecular complexity index is 984. The molecule has 0 saturated heterocycles. The van der Waals surface area contributed by atoms with E-state index in [4.69, 9.17) is 9.68 Å². The van der Waals surface area contributed by atoms with E-state index in [1.165, 1.54) is 13.2 Å². The van der Waals surface area contributed by atoms with E-state index >= 15 is 0 Å². The molecular weight excluding hydrogens is 397 g/mol. The third kappa shape index (κ3) is 5.16. The zero-order chi connectivity index (χ0) is 21.6. The minimum Gasteiger partial charge on any atom is -0.399 e. The number of aliphatic imine (C=N–C) groups is 1. The summed E-state index contributed by atoms with van der Waals surface area (Å²) in [7, 11) is 1.46. The summed E-state index contributed by atoms with van der Waals surface area (Å²) in [6.45, 7) is 3.06. The first-order valence-electron chi connectivity index (χ1n) is 9.22. The smallest absolute Gasteiger partial charge is 0.399 e. The minimum atomic E-state index is -4.41. The zero-order valence-electron chi connectivity index (χ0n) is 16.5. The molecule has 0 amide bonds. The molecule has 2 aromatic rings. The van der Waals surface area contributed by atoms with Crippen LogP contribution in [-0.4, -0.2) is 37.5 Å². The summed E-state index contributed by atoms with van der Waals surface area (Å²) in [5, 5.41) is 11.2. The Morgan fingerprint density at radius 3 is 2.63 bits per heavy atom. The Balaban J connectivity index is 1.78. The quantitative estimate of drug-likeness (QED) is 0.546. The van der Waals surface area contributed by atoms with Gasteiger partial charge in [-0.25, -0.2) is 0 Å². The van der Waals surface area contributed by atoms with Crippen molar-refractivity contribution in [1.82, 2.24) is 5.32 Å². The molecule has 0 aliphatic carbocycles. The fraction of sp³-hybridized carbons (Fsp3) is 0.286. The topological polar surface area (TPSA) is 67.6 Å². The lowest BCUT2D eigenvalue weighted by molar-refractivity contribution is -0.137. The molecular formula is C21H21F3N4O2. The van der Waals surface area contributed by atoms with Crippen LogP contribution in [0.1, 0.15) is 29.2 Å². The Morgan fingerprint density at radius 2 is 1.93 bits per heavy atom. The van der Waals surface area contributed by atoms with Crippen molar-refractivity contribution in [2.75, 3.05) is 20.2 Å². The standard InChI is InChI=1S/C21H21F3N4O2/c1-14(15-7-5-8-17(12-15)21(22,23)24)27-30-13-16-6-3-4-9-18(16)19(28-29-2)20-25-10-11-26-20/h3-9,12H,10-11,13H2,1-2H3,(H,25,26). The summed E-state index contributed by atoms with van der Waals surface area (Å²) < 4.78 is 38.7. The lowest BCUT2D eigenvalue weighted by Crippen LogP contribution is -2.29. The van der Waals surface area contributed by atoms with Crippen LogP contribution in [0, 0.1) is 0 Å². The Morgan fingerprint density at radius 1 is 1.13 bits per heavy atom. The van der Waals surface area contributed by atoms with Gasteiger partial charge in [0.25, 0.3) is 0 Å². The van der Waals surface area contributed by atoms with Crippen molar-refractivity contribution in [3.63, 3.8) is 0 Å². The van der Waals surface area contributed by atoms with Crippen LogP contribution in [-0.2, 0) is 22.5 Å². The van der Waals surface area contributed by atoms with Crippen LogP contribution in [0.25, 0.3) is 0 Å². The maximum atomic E-state index is 12.9. The highest BCUT2D eigenvalue weighted by molar-refractivity contribution is 6.48. The summed E-state index contributed by atoms with van der Waals surface area (Å²) in [6.07, 6.45) is -4.41. The molecule has 0 saturated carbocycles. The summed E-state index contributed by atoms with van der Waals surface area (Å²) in [4.78, 5) is 14.8. The van der Waals surface area contributed by atoms with E-state index < -0.39 is 11.7 Å². The maximum absolute atomic E-state index is 12.9. The lowest BCUT2D eigenvalue weighted by Gasteiger charge is -2.12. The van der Waals surface area contributed by atoms with Gasteiger partial charge in [-0.15, -0.1) is 0 Å². The first kappa shape index (κ1) is 21.4. The van der Waals surface area contributed by atoms with Gasteiger partial charge in [0.05, 0.1) is 17.8 Å². The van der Waals surface area contributed by atoms with Gasteiger partial charge in [-0.1, -0.05) is 46.7 Å². The summed E-state index contributed by atoms with van der Waals surface area (Å²) >= 11 is 0. The van der Waals surface area contributed by atoms with Gasteiger partial charge in [0.1, 0.15) is 13.7 Å². The normalized spacial score (nSPS) is 14.9. The monoisotopic (exact) mass is 418 g/mol. The van der Waals surface area contributed by atoms with E-state index in [1.54, 1.807) is 13.0 Å². The average molecular weight is 418 g/mol. The second-order valence-corrected chi connectivity index (χ2v) is 6.47. The third-order valence-electron chi connectivity index (χ3n) is 4.38. The number of nitrogens with zero attached hydrogens (tertiary/aromatic N) is 3. The minimum absolute atomic E-state index is 0.0997. The van der Waals surface area contributed by atoms with E-state index in [0.29, 0.717) is 29.4 Å². The number of benzene rings is 2. The van der Waals surface area contributed by atoms with Crippen molar-refractivity contribution in [2.24, 2.45) is 15.3 Å². The molecule has 0 spiro atoms. The van der Waals surface area contributed by atoms with Gasteiger partial charge in [0.15, 0.2) is 11.5 Å². The summed E-state index contributed by atoms with van der Waals surface area (Å²) in [6, 6.07) is 12.4. The molecule has 0 aromatic heterocycles. The molecule has 0 unspecified atom stereocenters. The van der Waals surface area contributed by atoms with Crippen molar-refractivity contribution in [3.05, 3.63) is 70.8 Å². The van der Waals surface area contributed by atoms with E-state index in [2.05, 4.69) is 20.6 Å². The van der Waals surface area contributed by atoms with Gasteiger partial charge in [0.2, 0.25) is 0 Å². The van der Waals surface area contributed by atoms with Gasteiger partial charge in [-0.05, 0) is 24.6 Å². The van der Waals surface area contributed by atoms with Crippen LogP contribution in [0.3, 0.4) is 0 Å². The molecule has 9 heteroatoms. The molecule has 1 N–H and O–H groups in total. The van der Waals surface area contributed by atoms with Gasteiger partial charge in [-0.2, -0.15) is 13.2 Å². The van der Waals surface area contributed by atoms with Crippen molar-refractivity contribution in [2.45, 2.75) is 19.7 Å². The fourth-order valence-corrected chi connectivity index (χ4v) is 2.92. The van der Waals surface area contributed by atoms with Crippen molar-refractivity contribution >= 4 is 17.3 Å². The van der Waals surface area contributed by atoms with Crippen molar-refractivity contribution < 1.29 is 22.8 Å². The van der Waals surface area contributed by atoms with Gasteiger partial charge in [0, 0.05) is 17.7 Å². The van der Waals surface area contributed by atoms with Crippen LogP contribution in [0.15, 0.2) is 63.8 Å². The molecule has 3 rings (SSSR count). The van der Waals surface area contributed by atoms with Crippen molar-refractivity contribution in [3.8, 4) is 0 Å². The predicted molar refractivity (Wildman–Crippen MR) is 109 cm³/mol. The largest absolute Gasteiger partial charge is 0.416 e. The van der Waals surface area contributed by atoms with Gasteiger partial charge < -0.3 is 15.0 Å². The van der Waals surface area contributed by atoms with Crippen LogP contribution in [0.2, 0.25) is 0 Å². The number of amidine groups is 1. The first-order valence-corrected chi connectivity index (χ1v) is 9.22.